The molecule has 0 saturated carbocycles. The van der Waals surface area contributed by atoms with E-state index in [1.165, 1.54) is 12.1 Å². The van der Waals surface area contributed by atoms with Gasteiger partial charge < -0.3 is 9.47 Å². The van der Waals surface area contributed by atoms with Gasteiger partial charge in [0.25, 0.3) is 5.69 Å². The molecule has 8 heteroatoms. The molecular formula is C15H11BrClNO5. The molecule has 0 saturated heterocycles. The highest BCUT2D eigenvalue weighted by atomic mass is 79.9. The molecule has 0 aliphatic rings. The second kappa shape index (κ2) is 7.94. The van der Waals surface area contributed by atoms with E-state index in [1.807, 2.05) is 12.1 Å². The Bertz CT molecular complexity index is 738. The van der Waals surface area contributed by atoms with Crippen molar-refractivity contribution in [2.75, 3.05) is 13.2 Å². The van der Waals surface area contributed by atoms with Gasteiger partial charge in [0.05, 0.1) is 15.5 Å². The summed E-state index contributed by atoms with van der Waals surface area (Å²) in [6.07, 6.45) is 0. The second-order valence-electron chi connectivity index (χ2n) is 4.36. The van der Waals surface area contributed by atoms with E-state index >= 15 is 0 Å². The van der Waals surface area contributed by atoms with E-state index in [0.717, 1.165) is 10.5 Å². The van der Waals surface area contributed by atoms with Gasteiger partial charge in [0, 0.05) is 16.6 Å². The Morgan fingerprint density at radius 1 is 1.22 bits per heavy atom. The molecule has 0 fully saturated rings. The zero-order valence-electron chi connectivity index (χ0n) is 11.7. The lowest BCUT2D eigenvalue weighted by molar-refractivity contribution is -0.384. The van der Waals surface area contributed by atoms with E-state index in [-0.39, 0.29) is 29.5 Å². The van der Waals surface area contributed by atoms with Crippen molar-refractivity contribution < 1.29 is 19.2 Å². The van der Waals surface area contributed by atoms with Crippen molar-refractivity contribution >= 4 is 39.2 Å². The normalized spacial score (nSPS) is 10.2. The molecule has 2 aromatic carbocycles. The van der Waals surface area contributed by atoms with Crippen molar-refractivity contribution in [3.05, 3.63) is 67.6 Å². The Hall–Kier alpha value is -2.12. The maximum absolute atomic E-state index is 11.9. The third kappa shape index (κ3) is 4.94. The van der Waals surface area contributed by atoms with Crippen LogP contribution in [0.5, 0.6) is 5.75 Å². The first-order valence-electron chi connectivity index (χ1n) is 6.47. The summed E-state index contributed by atoms with van der Waals surface area (Å²) in [6.45, 7) is 0.138. The number of non-ortho nitro benzene ring substituents is 1. The van der Waals surface area contributed by atoms with Gasteiger partial charge >= 0.3 is 5.97 Å². The van der Waals surface area contributed by atoms with Crippen molar-refractivity contribution in [3.8, 4) is 5.75 Å². The van der Waals surface area contributed by atoms with Crippen molar-refractivity contribution in [2.45, 2.75) is 0 Å². The molecule has 0 heterocycles. The summed E-state index contributed by atoms with van der Waals surface area (Å²) in [5.74, 6) is -0.111. The fraction of sp³-hybridized carbons (Fsp3) is 0.133. The quantitative estimate of drug-likeness (QED) is 0.313. The third-order valence-corrected chi connectivity index (χ3v) is 3.58. The highest BCUT2D eigenvalue weighted by Crippen LogP contribution is 2.23. The average Bonchev–Trinajstić information content (AvgIpc) is 2.51. The van der Waals surface area contributed by atoms with Crippen molar-refractivity contribution in [1.29, 1.82) is 0 Å². The molecule has 120 valence electrons. The minimum atomic E-state index is -0.739. The van der Waals surface area contributed by atoms with E-state index in [9.17, 15) is 14.9 Å². The molecule has 0 aromatic heterocycles. The summed E-state index contributed by atoms with van der Waals surface area (Å²) in [6, 6.07) is 10.8. The predicted octanol–water partition coefficient (Wildman–Crippen LogP) is 4.25. The number of hydrogen-bond donors (Lipinski definition) is 0. The number of carbonyl (C=O) groups is 1. The summed E-state index contributed by atoms with van der Waals surface area (Å²) in [7, 11) is 0. The SMILES string of the molecule is O=C(OCCOc1cccc(Br)c1)c1cc([N+](=O)[O-])ccc1Cl. The summed E-state index contributed by atoms with van der Waals surface area (Å²) in [5, 5.41) is 10.8. The fourth-order valence-electron chi connectivity index (χ4n) is 1.71. The Balaban J connectivity index is 1.90. The van der Waals surface area contributed by atoms with Crippen LogP contribution in [-0.4, -0.2) is 24.1 Å². The lowest BCUT2D eigenvalue weighted by atomic mass is 10.2. The fourth-order valence-corrected chi connectivity index (χ4v) is 2.28. The maximum atomic E-state index is 11.9. The standard InChI is InChI=1S/C15H11BrClNO5/c16-10-2-1-3-12(8-10)22-6-7-23-15(19)13-9-11(18(20)21)4-5-14(13)17/h1-5,8-9H,6-7H2. The highest BCUT2D eigenvalue weighted by Gasteiger charge is 2.17. The molecule has 2 aromatic rings. The largest absolute Gasteiger partial charge is 0.490 e. The number of ether oxygens (including phenoxy) is 2. The Morgan fingerprint density at radius 2 is 2.00 bits per heavy atom. The van der Waals surface area contributed by atoms with Gasteiger partial charge in [-0.3, -0.25) is 10.1 Å². The number of hydrogen-bond acceptors (Lipinski definition) is 5. The lowest BCUT2D eigenvalue weighted by Gasteiger charge is -2.08. The summed E-state index contributed by atoms with van der Waals surface area (Å²) in [5.41, 5.74) is -0.282. The zero-order chi connectivity index (χ0) is 16.8. The molecule has 2 rings (SSSR count). The van der Waals surface area contributed by atoms with Crippen LogP contribution in [0.4, 0.5) is 5.69 Å². The summed E-state index contributed by atoms with van der Waals surface area (Å²) < 4.78 is 11.3. The average molecular weight is 401 g/mol. The molecule has 0 bridgehead atoms. The molecule has 6 nitrogen and oxygen atoms in total. The summed E-state index contributed by atoms with van der Waals surface area (Å²) in [4.78, 5) is 22.0. The first-order valence-corrected chi connectivity index (χ1v) is 7.64. The van der Waals surface area contributed by atoms with Crippen LogP contribution < -0.4 is 4.74 Å². The number of esters is 1. The van der Waals surface area contributed by atoms with E-state index in [2.05, 4.69) is 15.9 Å². The van der Waals surface area contributed by atoms with Gasteiger partial charge in [-0.15, -0.1) is 0 Å². The number of nitro benzene ring substituents is 1. The van der Waals surface area contributed by atoms with E-state index in [4.69, 9.17) is 21.1 Å². The number of carbonyl (C=O) groups excluding carboxylic acids is 1. The van der Waals surface area contributed by atoms with Gasteiger partial charge in [-0.2, -0.15) is 0 Å². The monoisotopic (exact) mass is 399 g/mol. The molecule has 0 N–H and O–H groups in total. The third-order valence-electron chi connectivity index (χ3n) is 2.76. The van der Waals surface area contributed by atoms with Gasteiger partial charge in [0.2, 0.25) is 0 Å². The zero-order valence-corrected chi connectivity index (χ0v) is 14.0. The highest BCUT2D eigenvalue weighted by molar-refractivity contribution is 9.10. The van der Waals surface area contributed by atoms with E-state index in [1.54, 1.807) is 12.1 Å². The van der Waals surface area contributed by atoms with Crippen LogP contribution in [0, 0.1) is 10.1 Å². The molecule has 23 heavy (non-hydrogen) atoms. The minimum Gasteiger partial charge on any atom is -0.490 e. The van der Waals surface area contributed by atoms with Crippen molar-refractivity contribution in [2.24, 2.45) is 0 Å². The number of rotatable bonds is 6. The topological polar surface area (TPSA) is 78.7 Å². The van der Waals surface area contributed by atoms with Gasteiger partial charge in [-0.05, 0) is 24.3 Å². The van der Waals surface area contributed by atoms with Gasteiger partial charge in [-0.25, -0.2) is 4.79 Å². The molecule has 0 aliphatic heterocycles. The van der Waals surface area contributed by atoms with Crippen LogP contribution in [0.25, 0.3) is 0 Å². The van der Waals surface area contributed by atoms with Gasteiger partial charge in [-0.1, -0.05) is 33.6 Å². The molecule has 0 aliphatic carbocycles. The van der Waals surface area contributed by atoms with Crippen molar-refractivity contribution in [3.63, 3.8) is 0 Å². The molecule has 0 spiro atoms. The molecule has 0 unspecified atom stereocenters. The van der Waals surface area contributed by atoms with Crippen LogP contribution in [-0.2, 0) is 4.74 Å². The number of nitro groups is 1. The first-order chi connectivity index (χ1) is 11.0. The molecule has 0 amide bonds. The first kappa shape index (κ1) is 17.2. The van der Waals surface area contributed by atoms with Gasteiger partial charge in [0.1, 0.15) is 19.0 Å². The Labute approximate surface area is 145 Å². The minimum absolute atomic E-state index is 0.00956. The maximum Gasteiger partial charge on any atom is 0.340 e. The smallest absolute Gasteiger partial charge is 0.340 e. The van der Waals surface area contributed by atoms with Gasteiger partial charge in [0.15, 0.2) is 0 Å². The number of halogens is 2. The summed E-state index contributed by atoms with van der Waals surface area (Å²) >= 11 is 9.18. The van der Waals surface area contributed by atoms with Crippen LogP contribution in [0.3, 0.4) is 0 Å². The Kier molecular flexibility index (Phi) is 5.95. The number of benzene rings is 2. The van der Waals surface area contributed by atoms with Crippen LogP contribution >= 0.6 is 27.5 Å². The Morgan fingerprint density at radius 3 is 2.70 bits per heavy atom. The van der Waals surface area contributed by atoms with Crippen LogP contribution in [0.15, 0.2) is 46.9 Å². The molecular weight excluding hydrogens is 390 g/mol. The van der Waals surface area contributed by atoms with E-state index < -0.39 is 10.9 Å². The van der Waals surface area contributed by atoms with Crippen molar-refractivity contribution in [1.82, 2.24) is 0 Å². The lowest BCUT2D eigenvalue weighted by Crippen LogP contribution is -2.13. The predicted molar refractivity (Wildman–Crippen MR) is 88.0 cm³/mol. The molecule has 0 atom stereocenters. The number of nitrogens with zero attached hydrogens (tertiary/aromatic N) is 1. The van der Waals surface area contributed by atoms with Crippen LogP contribution in [0.2, 0.25) is 5.02 Å². The second-order valence-corrected chi connectivity index (χ2v) is 5.69. The molecule has 0 radical (unpaired) electrons. The van der Waals surface area contributed by atoms with Crippen LogP contribution in [0.1, 0.15) is 10.4 Å². The van der Waals surface area contributed by atoms with E-state index in [0.29, 0.717) is 5.75 Å².